The lowest BCUT2D eigenvalue weighted by atomic mass is 9.89. The van der Waals surface area contributed by atoms with Gasteiger partial charge in [-0.05, 0) is 6.42 Å². The minimum Gasteiger partial charge on any atom is -0.384 e. The van der Waals surface area contributed by atoms with Gasteiger partial charge >= 0.3 is 0 Å². The maximum absolute atomic E-state index is 14.0. The zero-order valence-corrected chi connectivity index (χ0v) is 13.0. The molecular weight excluding hydrogens is 373 g/mol. The van der Waals surface area contributed by atoms with Gasteiger partial charge in [0.15, 0.2) is 0 Å². The summed E-state index contributed by atoms with van der Waals surface area (Å²) in [5.41, 5.74) is -4.28. The molecule has 1 spiro atoms. The van der Waals surface area contributed by atoms with Gasteiger partial charge in [-0.1, -0.05) is 0 Å². The van der Waals surface area contributed by atoms with Crippen molar-refractivity contribution >= 4 is 5.91 Å². The van der Waals surface area contributed by atoms with Crippen LogP contribution in [0.3, 0.4) is 0 Å². The van der Waals surface area contributed by atoms with Crippen LogP contribution >= 0.6 is 0 Å². The van der Waals surface area contributed by atoms with Gasteiger partial charge in [0.25, 0.3) is 24.2 Å². The monoisotopic (exact) mass is 386 g/mol. The van der Waals surface area contributed by atoms with E-state index in [0.717, 1.165) is 0 Å². The number of amides is 1. The largest absolute Gasteiger partial charge is 0.384 e. The Morgan fingerprint density at radius 3 is 2.42 bits per heavy atom. The van der Waals surface area contributed by atoms with E-state index in [1.165, 1.54) is 0 Å². The average Bonchev–Trinajstić information content (AvgIpc) is 2.95. The zero-order chi connectivity index (χ0) is 19.5. The van der Waals surface area contributed by atoms with Crippen molar-refractivity contribution in [2.45, 2.75) is 49.2 Å². The molecule has 2 heterocycles. The molecule has 1 saturated carbocycles. The van der Waals surface area contributed by atoms with Crippen LogP contribution in [0.1, 0.15) is 41.9 Å². The molecule has 0 radical (unpaired) electrons. The highest BCUT2D eigenvalue weighted by Crippen LogP contribution is 2.54. The van der Waals surface area contributed by atoms with E-state index in [4.69, 9.17) is 0 Å². The van der Waals surface area contributed by atoms with E-state index in [2.05, 4.69) is 4.98 Å². The maximum Gasteiger partial charge on any atom is 0.292 e. The molecule has 1 aliphatic heterocycles. The van der Waals surface area contributed by atoms with Crippen LogP contribution in [0.5, 0.6) is 0 Å². The molecule has 26 heavy (non-hydrogen) atoms. The van der Waals surface area contributed by atoms with Crippen molar-refractivity contribution in [3.05, 3.63) is 29.3 Å². The molecule has 2 aliphatic rings. The van der Waals surface area contributed by atoms with Crippen LogP contribution < -0.4 is 0 Å². The Balaban J connectivity index is 2.03. The summed E-state index contributed by atoms with van der Waals surface area (Å²) in [6.45, 7) is -1.40. The molecule has 1 aliphatic carbocycles. The Hall–Kier alpha value is -1.91. The van der Waals surface area contributed by atoms with Crippen LogP contribution in [0.4, 0.5) is 30.7 Å². The Labute approximate surface area is 142 Å². The quantitative estimate of drug-likeness (QED) is 0.795. The first-order chi connectivity index (χ1) is 11.9. The molecular formula is C15H13F7N2O2. The third kappa shape index (κ3) is 2.91. The van der Waals surface area contributed by atoms with Gasteiger partial charge in [0.2, 0.25) is 0 Å². The van der Waals surface area contributed by atoms with Crippen molar-refractivity contribution in [2.75, 3.05) is 6.54 Å². The fourth-order valence-electron chi connectivity index (χ4n) is 3.63. The summed E-state index contributed by atoms with van der Waals surface area (Å²) < 4.78 is 94.3. The zero-order valence-electron chi connectivity index (χ0n) is 13.0. The van der Waals surface area contributed by atoms with Crippen LogP contribution in [0, 0.1) is 5.82 Å². The van der Waals surface area contributed by atoms with Crippen molar-refractivity contribution in [1.29, 1.82) is 0 Å². The van der Waals surface area contributed by atoms with Crippen molar-refractivity contribution in [2.24, 2.45) is 0 Å². The van der Waals surface area contributed by atoms with Gasteiger partial charge < -0.3 is 10.0 Å². The van der Waals surface area contributed by atoms with Gasteiger partial charge in [-0.2, -0.15) is 0 Å². The van der Waals surface area contributed by atoms with Crippen LogP contribution in [0.2, 0.25) is 0 Å². The summed E-state index contributed by atoms with van der Waals surface area (Å²) in [5, 5.41) is 9.91. The number of alkyl halides is 6. The van der Waals surface area contributed by atoms with Crippen LogP contribution in [-0.2, 0) is 0 Å². The van der Waals surface area contributed by atoms with E-state index in [-0.39, 0.29) is 0 Å². The van der Waals surface area contributed by atoms with Gasteiger partial charge in [0, 0.05) is 25.0 Å². The predicted molar refractivity (Wildman–Crippen MR) is 72.7 cm³/mol. The van der Waals surface area contributed by atoms with E-state index in [1.807, 2.05) is 0 Å². The number of likely N-dealkylation sites (tertiary alicyclic amines) is 1. The van der Waals surface area contributed by atoms with Crippen molar-refractivity contribution in [3.63, 3.8) is 0 Å². The first-order valence-corrected chi connectivity index (χ1v) is 7.59. The minimum atomic E-state index is -3.88. The first kappa shape index (κ1) is 18.9. The second kappa shape index (κ2) is 5.80. The number of halogens is 7. The van der Waals surface area contributed by atoms with E-state index in [1.54, 1.807) is 0 Å². The highest BCUT2D eigenvalue weighted by molar-refractivity contribution is 5.93. The second-order valence-corrected chi connectivity index (χ2v) is 6.59. The van der Waals surface area contributed by atoms with Crippen LogP contribution in [0.15, 0.2) is 12.1 Å². The average molecular weight is 386 g/mol. The van der Waals surface area contributed by atoms with Gasteiger partial charge in [0.1, 0.15) is 23.3 Å². The summed E-state index contributed by atoms with van der Waals surface area (Å²) in [6, 6.07) is 0.826. The topological polar surface area (TPSA) is 53.4 Å². The number of aliphatic hydroxyl groups excluding tert-OH is 1. The minimum absolute atomic E-state index is 0.315. The molecule has 1 amide bonds. The summed E-state index contributed by atoms with van der Waals surface area (Å²) in [7, 11) is 0. The summed E-state index contributed by atoms with van der Waals surface area (Å²) >= 11 is 0. The summed E-state index contributed by atoms with van der Waals surface area (Å²) in [6.07, 6.45) is -8.44. The number of carbonyl (C=O) groups is 1. The van der Waals surface area contributed by atoms with Crippen LogP contribution in [-0.4, -0.2) is 50.9 Å². The molecule has 1 saturated heterocycles. The molecule has 3 rings (SSSR count). The fourth-order valence-corrected chi connectivity index (χ4v) is 3.63. The number of nitrogens with zero attached hydrogens (tertiary/aromatic N) is 2. The summed E-state index contributed by atoms with van der Waals surface area (Å²) in [4.78, 5) is 16.1. The third-order valence-electron chi connectivity index (χ3n) is 4.80. The molecule has 1 aromatic rings. The molecule has 2 fully saturated rings. The number of pyridine rings is 1. The van der Waals surface area contributed by atoms with Crippen LogP contribution in [0.25, 0.3) is 0 Å². The van der Waals surface area contributed by atoms with E-state index >= 15 is 0 Å². The molecule has 0 bridgehead atoms. The summed E-state index contributed by atoms with van der Waals surface area (Å²) in [5.74, 6) is -9.94. The molecule has 0 aromatic carbocycles. The van der Waals surface area contributed by atoms with E-state index < -0.39 is 78.8 Å². The Morgan fingerprint density at radius 1 is 1.23 bits per heavy atom. The number of rotatable bonds is 2. The Bertz CT molecular complexity index is 743. The molecule has 4 nitrogen and oxygen atoms in total. The lowest BCUT2D eigenvalue weighted by Gasteiger charge is -2.36. The third-order valence-corrected chi connectivity index (χ3v) is 4.80. The van der Waals surface area contributed by atoms with Gasteiger partial charge in [-0.15, -0.1) is 0 Å². The SMILES string of the molecule is O=C(c1cc(F)cc(C(F)F)n1)N1CC(F)(F)[C@H](O)[C@]12CCC(F)(F)C2. The van der Waals surface area contributed by atoms with Gasteiger partial charge in [0.05, 0.1) is 12.1 Å². The van der Waals surface area contributed by atoms with Crippen molar-refractivity contribution in [3.8, 4) is 0 Å². The normalized spacial score (nSPS) is 29.7. The maximum atomic E-state index is 14.0. The highest BCUT2D eigenvalue weighted by atomic mass is 19.3. The molecule has 144 valence electrons. The van der Waals surface area contributed by atoms with E-state index in [9.17, 15) is 40.6 Å². The van der Waals surface area contributed by atoms with Crippen molar-refractivity contribution in [1.82, 2.24) is 9.88 Å². The standard InChI is InChI=1S/C15H13F7N2O2/c16-7-3-8(10(17)18)23-9(4-7)11(25)24-6-15(21,22)12(26)13(24)1-2-14(19,20)5-13/h3-4,10,12,26H,1-2,5-6H2/t12-,13-/m1/s1. The van der Waals surface area contributed by atoms with E-state index in [0.29, 0.717) is 17.0 Å². The number of hydrogen-bond acceptors (Lipinski definition) is 3. The lowest BCUT2D eigenvalue weighted by Crippen LogP contribution is -2.53. The first-order valence-electron chi connectivity index (χ1n) is 7.59. The smallest absolute Gasteiger partial charge is 0.292 e. The molecule has 1 N–H and O–H groups in total. The molecule has 11 heteroatoms. The fraction of sp³-hybridized carbons (Fsp3) is 0.600. The Morgan fingerprint density at radius 2 is 1.88 bits per heavy atom. The second-order valence-electron chi connectivity index (χ2n) is 6.59. The predicted octanol–water partition coefficient (Wildman–Crippen LogP) is 3.17. The number of aliphatic hydroxyl groups is 1. The number of carbonyl (C=O) groups excluding carboxylic acids is 1. The lowest BCUT2D eigenvalue weighted by molar-refractivity contribution is -0.102. The molecule has 0 unspecified atom stereocenters. The highest BCUT2D eigenvalue weighted by Gasteiger charge is 2.69. The van der Waals surface area contributed by atoms with Gasteiger partial charge in [-0.25, -0.2) is 35.7 Å². The molecule has 1 aromatic heterocycles. The number of hydrogen-bond donors (Lipinski definition) is 1. The Kier molecular flexibility index (Phi) is 4.21. The molecule has 2 atom stereocenters. The van der Waals surface area contributed by atoms with Crippen molar-refractivity contribution < 1.29 is 40.6 Å². The van der Waals surface area contributed by atoms with Gasteiger partial charge in [-0.3, -0.25) is 4.79 Å². The number of aromatic nitrogens is 1.